The summed E-state index contributed by atoms with van der Waals surface area (Å²) in [5.41, 5.74) is 5.21. The van der Waals surface area contributed by atoms with Crippen LogP contribution in [0.4, 0.5) is 0 Å². The summed E-state index contributed by atoms with van der Waals surface area (Å²) in [6.45, 7) is 3.96. The summed E-state index contributed by atoms with van der Waals surface area (Å²) in [5.74, 6) is -0.0463. The molecule has 3 N–H and O–H groups in total. The molecule has 0 radical (unpaired) electrons. The Labute approximate surface area is 86.2 Å². The molecule has 0 spiro atoms. The number of unbranched alkanes of at least 4 members (excludes halogenated alkanes) is 3. The largest absolute Gasteiger partial charge is 0.370 e. The Morgan fingerprint density at radius 1 is 1.36 bits per heavy atom. The van der Waals surface area contributed by atoms with E-state index < -0.39 is 0 Å². The molecule has 0 saturated heterocycles. The highest BCUT2D eigenvalue weighted by Crippen LogP contribution is 1.96. The predicted molar refractivity (Wildman–Crippen MR) is 57.0 cm³/mol. The average Bonchev–Trinajstić information content (AvgIpc) is 2.18. The first-order valence-electron chi connectivity index (χ1n) is 5.35. The molecule has 0 aliphatic carbocycles. The van der Waals surface area contributed by atoms with Crippen LogP contribution >= 0.6 is 0 Å². The summed E-state index contributed by atoms with van der Waals surface area (Å²) >= 11 is 0. The van der Waals surface area contributed by atoms with Gasteiger partial charge in [0.05, 0.1) is 6.61 Å². The smallest absolute Gasteiger partial charge is 0.245 e. The van der Waals surface area contributed by atoms with Crippen molar-refractivity contribution in [3.63, 3.8) is 0 Å². The lowest BCUT2D eigenvalue weighted by Crippen LogP contribution is -2.29. The zero-order valence-electron chi connectivity index (χ0n) is 9.05. The van der Waals surface area contributed by atoms with Crippen LogP contribution in [0.25, 0.3) is 0 Å². The highest BCUT2D eigenvalue weighted by Gasteiger charge is 1.98. The highest BCUT2D eigenvalue weighted by atomic mass is 16.5. The molecule has 0 rings (SSSR count). The SMILES string of the molecule is CCCCCCNC(=O)COCCN. The van der Waals surface area contributed by atoms with E-state index >= 15 is 0 Å². The number of carbonyl (C=O) groups is 1. The van der Waals surface area contributed by atoms with E-state index in [1.807, 2.05) is 0 Å². The van der Waals surface area contributed by atoms with Crippen molar-refractivity contribution in [2.45, 2.75) is 32.6 Å². The van der Waals surface area contributed by atoms with Gasteiger partial charge in [-0.2, -0.15) is 0 Å². The zero-order valence-corrected chi connectivity index (χ0v) is 9.05. The Morgan fingerprint density at radius 2 is 2.14 bits per heavy atom. The van der Waals surface area contributed by atoms with E-state index in [9.17, 15) is 4.79 Å². The number of amides is 1. The Bertz CT molecular complexity index is 140. The summed E-state index contributed by atoms with van der Waals surface area (Å²) in [6, 6.07) is 0. The van der Waals surface area contributed by atoms with E-state index in [1.54, 1.807) is 0 Å². The van der Waals surface area contributed by atoms with Gasteiger partial charge >= 0.3 is 0 Å². The lowest BCUT2D eigenvalue weighted by Gasteiger charge is -2.04. The number of carbonyl (C=O) groups excluding carboxylic acids is 1. The van der Waals surface area contributed by atoms with Crippen LogP contribution in [0, 0.1) is 0 Å². The summed E-state index contributed by atoms with van der Waals surface area (Å²) < 4.78 is 4.99. The van der Waals surface area contributed by atoms with Gasteiger partial charge in [-0.15, -0.1) is 0 Å². The zero-order chi connectivity index (χ0) is 10.6. The first-order chi connectivity index (χ1) is 6.81. The van der Waals surface area contributed by atoms with Crippen molar-refractivity contribution >= 4 is 5.91 Å². The van der Waals surface area contributed by atoms with E-state index in [2.05, 4.69) is 12.2 Å². The molecular weight excluding hydrogens is 180 g/mol. The lowest BCUT2D eigenvalue weighted by molar-refractivity contribution is -0.125. The molecule has 0 saturated carbocycles. The van der Waals surface area contributed by atoms with Gasteiger partial charge in [-0.05, 0) is 6.42 Å². The number of nitrogens with two attached hydrogens (primary N) is 1. The molecule has 4 heteroatoms. The lowest BCUT2D eigenvalue weighted by atomic mass is 10.2. The van der Waals surface area contributed by atoms with E-state index in [1.165, 1.54) is 19.3 Å². The molecule has 0 aromatic carbocycles. The van der Waals surface area contributed by atoms with E-state index in [0.29, 0.717) is 13.2 Å². The molecule has 1 amide bonds. The standard InChI is InChI=1S/C10H22N2O2/c1-2-3-4-5-7-12-10(13)9-14-8-6-11/h2-9,11H2,1H3,(H,12,13). The van der Waals surface area contributed by atoms with Gasteiger partial charge < -0.3 is 15.8 Å². The van der Waals surface area contributed by atoms with Crippen LogP contribution in [-0.2, 0) is 9.53 Å². The minimum absolute atomic E-state index is 0.0463. The van der Waals surface area contributed by atoms with Crippen molar-refractivity contribution in [1.29, 1.82) is 0 Å². The molecule has 0 fully saturated rings. The fourth-order valence-electron chi connectivity index (χ4n) is 1.08. The molecule has 14 heavy (non-hydrogen) atoms. The van der Waals surface area contributed by atoms with Crippen LogP contribution in [0.5, 0.6) is 0 Å². The molecule has 0 unspecified atom stereocenters. The molecule has 4 nitrogen and oxygen atoms in total. The molecular formula is C10H22N2O2. The van der Waals surface area contributed by atoms with Crippen molar-refractivity contribution in [1.82, 2.24) is 5.32 Å². The highest BCUT2D eigenvalue weighted by molar-refractivity contribution is 5.77. The van der Waals surface area contributed by atoms with Crippen LogP contribution in [0.3, 0.4) is 0 Å². The second-order valence-electron chi connectivity index (χ2n) is 3.25. The van der Waals surface area contributed by atoms with Gasteiger partial charge in [-0.1, -0.05) is 26.2 Å². The first kappa shape index (κ1) is 13.4. The average molecular weight is 202 g/mol. The quantitative estimate of drug-likeness (QED) is 0.540. The van der Waals surface area contributed by atoms with Crippen LogP contribution in [0.15, 0.2) is 0 Å². The normalized spacial score (nSPS) is 10.1. The van der Waals surface area contributed by atoms with Gasteiger partial charge in [0.15, 0.2) is 0 Å². The summed E-state index contributed by atoms with van der Waals surface area (Å²) in [4.78, 5) is 11.1. The predicted octanol–water partition coefficient (Wildman–Crippen LogP) is 0.658. The number of nitrogens with one attached hydrogen (secondary N) is 1. The minimum atomic E-state index is -0.0463. The monoisotopic (exact) mass is 202 g/mol. The van der Waals surface area contributed by atoms with Gasteiger partial charge in [0.1, 0.15) is 6.61 Å². The molecule has 0 aliphatic rings. The fourth-order valence-corrected chi connectivity index (χ4v) is 1.08. The molecule has 0 aliphatic heterocycles. The fraction of sp³-hybridized carbons (Fsp3) is 0.900. The second-order valence-corrected chi connectivity index (χ2v) is 3.25. The van der Waals surface area contributed by atoms with Crippen molar-refractivity contribution in [3.05, 3.63) is 0 Å². The van der Waals surface area contributed by atoms with Gasteiger partial charge in [-0.25, -0.2) is 0 Å². The maximum absolute atomic E-state index is 11.1. The Morgan fingerprint density at radius 3 is 2.79 bits per heavy atom. The molecule has 84 valence electrons. The van der Waals surface area contributed by atoms with Crippen LogP contribution < -0.4 is 11.1 Å². The van der Waals surface area contributed by atoms with Crippen molar-refractivity contribution < 1.29 is 9.53 Å². The van der Waals surface area contributed by atoms with Crippen molar-refractivity contribution in [3.8, 4) is 0 Å². The number of hydrogen-bond donors (Lipinski definition) is 2. The maximum atomic E-state index is 11.1. The third kappa shape index (κ3) is 9.48. The summed E-state index contributed by atoms with van der Waals surface area (Å²) in [7, 11) is 0. The third-order valence-corrected chi connectivity index (χ3v) is 1.85. The van der Waals surface area contributed by atoms with Gasteiger partial charge in [0.2, 0.25) is 5.91 Å². The molecule has 0 aromatic rings. The van der Waals surface area contributed by atoms with Crippen LogP contribution in [-0.4, -0.2) is 32.2 Å². The van der Waals surface area contributed by atoms with Crippen molar-refractivity contribution in [2.24, 2.45) is 5.73 Å². The van der Waals surface area contributed by atoms with Crippen LogP contribution in [0.1, 0.15) is 32.6 Å². The van der Waals surface area contributed by atoms with E-state index in [0.717, 1.165) is 13.0 Å². The number of hydrogen-bond acceptors (Lipinski definition) is 3. The molecule has 0 aromatic heterocycles. The van der Waals surface area contributed by atoms with E-state index in [4.69, 9.17) is 10.5 Å². The summed E-state index contributed by atoms with van der Waals surface area (Å²) in [5, 5.41) is 2.80. The van der Waals surface area contributed by atoms with E-state index in [-0.39, 0.29) is 12.5 Å². The Hall–Kier alpha value is -0.610. The molecule has 0 heterocycles. The molecule has 0 bridgehead atoms. The summed E-state index contributed by atoms with van der Waals surface area (Å²) in [6.07, 6.45) is 4.68. The van der Waals surface area contributed by atoms with Crippen molar-refractivity contribution in [2.75, 3.05) is 26.3 Å². The van der Waals surface area contributed by atoms with Gasteiger partial charge in [0.25, 0.3) is 0 Å². The maximum Gasteiger partial charge on any atom is 0.245 e. The number of ether oxygens (including phenoxy) is 1. The molecule has 0 atom stereocenters. The van der Waals surface area contributed by atoms with Gasteiger partial charge in [0, 0.05) is 13.1 Å². The number of rotatable bonds is 9. The first-order valence-corrected chi connectivity index (χ1v) is 5.35. The van der Waals surface area contributed by atoms with Crippen LogP contribution in [0.2, 0.25) is 0 Å². The second kappa shape index (κ2) is 10.5. The minimum Gasteiger partial charge on any atom is -0.370 e. The third-order valence-electron chi connectivity index (χ3n) is 1.85. The Balaban J connectivity index is 3.10. The Kier molecular flexibility index (Phi) is 10.0. The van der Waals surface area contributed by atoms with Gasteiger partial charge in [-0.3, -0.25) is 4.79 Å². The topological polar surface area (TPSA) is 64.3 Å².